The Bertz CT molecular complexity index is 479. The number of carbonyl (C=O) groups excluding carboxylic acids is 3. The van der Waals surface area contributed by atoms with Gasteiger partial charge in [-0.2, -0.15) is 0 Å². The van der Waals surface area contributed by atoms with E-state index < -0.39 is 11.9 Å². The topological polar surface area (TPSA) is 69.7 Å². The number of rotatable bonds is 6. The van der Waals surface area contributed by atoms with E-state index in [0.717, 1.165) is 0 Å². The van der Waals surface area contributed by atoms with Crippen LogP contribution in [0.5, 0.6) is 0 Å². The second kappa shape index (κ2) is 7.31. The van der Waals surface area contributed by atoms with Crippen LogP contribution in [0.2, 0.25) is 0 Å². The predicted molar refractivity (Wildman–Crippen MR) is 68.1 cm³/mol. The Morgan fingerprint density at radius 2 is 2.05 bits per heavy atom. The molecule has 0 amide bonds. The summed E-state index contributed by atoms with van der Waals surface area (Å²) in [5.74, 6) is -0.887. The molecule has 102 valence electrons. The Labute approximate surface area is 111 Å². The van der Waals surface area contributed by atoms with Gasteiger partial charge in [-0.1, -0.05) is 12.1 Å². The van der Waals surface area contributed by atoms with E-state index in [1.807, 2.05) is 0 Å². The van der Waals surface area contributed by atoms with Crippen molar-refractivity contribution in [1.29, 1.82) is 0 Å². The fourth-order valence-electron chi connectivity index (χ4n) is 1.72. The summed E-state index contributed by atoms with van der Waals surface area (Å²) in [4.78, 5) is 34.0. The molecule has 0 saturated carbocycles. The molecule has 0 aliphatic rings. The number of aldehydes is 1. The minimum atomic E-state index is -0.494. The highest BCUT2D eigenvalue weighted by Crippen LogP contribution is 2.17. The first kappa shape index (κ1) is 14.9. The molecule has 0 saturated heterocycles. The normalized spacial score (nSPS) is 9.79. The van der Waals surface area contributed by atoms with Crippen molar-refractivity contribution in [3.63, 3.8) is 0 Å². The zero-order valence-electron chi connectivity index (χ0n) is 11.0. The first-order chi connectivity index (χ1) is 9.13. The van der Waals surface area contributed by atoms with Crippen molar-refractivity contribution in [3.8, 4) is 0 Å². The number of esters is 2. The van der Waals surface area contributed by atoms with Crippen molar-refractivity contribution in [2.45, 2.75) is 19.8 Å². The zero-order valence-corrected chi connectivity index (χ0v) is 11.0. The Hall–Kier alpha value is -2.17. The summed E-state index contributed by atoms with van der Waals surface area (Å²) in [6.07, 6.45) is 1.03. The second-order valence-electron chi connectivity index (χ2n) is 3.79. The standard InChI is InChI=1S/C14H16O5/c1-3-19-14(17)12-6-4-5-10(9-15)11(12)7-8-13(16)18-2/h4-6,9H,3,7-8H2,1-2H3. The lowest BCUT2D eigenvalue weighted by molar-refractivity contribution is -0.140. The van der Waals surface area contributed by atoms with E-state index in [1.54, 1.807) is 25.1 Å². The first-order valence-electron chi connectivity index (χ1n) is 5.95. The van der Waals surface area contributed by atoms with E-state index in [9.17, 15) is 14.4 Å². The van der Waals surface area contributed by atoms with Gasteiger partial charge in [0.15, 0.2) is 0 Å². The molecule has 1 aromatic carbocycles. The van der Waals surface area contributed by atoms with Crippen LogP contribution in [0.4, 0.5) is 0 Å². The molecule has 0 aromatic heterocycles. The maximum atomic E-state index is 11.8. The minimum absolute atomic E-state index is 0.105. The van der Waals surface area contributed by atoms with Crippen molar-refractivity contribution in [2.75, 3.05) is 13.7 Å². The van der Waals surface area contributed by atoms with Crippen LogP contribution in [-0.2, 0) is 20.7 Å². The molecule has 0 fully saturated rings. The summed E-state index contributed by atoms with van der Waals surface area (Å²) >= 11 is 0. The molecule has 0 atom stereocenters. The molecular formula is C14H16O5. The average Bonchev–Trinajstić information content (AvgIpc) is 2.44. The molecule has 0 N–H and O–H groups in total. The monoisotopic (exact) mass is 264 g/mol. The largest absolute Gasteiger partial charge is 0.469 e. The molecule has 0 heterocycles. The molecule has 0 unspecified atom stereocenters. The van der Waals surface area contributed by atoms with Crippen LogP contribution in [0.15, 0.2) is 18.2 Å². The van der Waals surface area contributed by atoms with Crippen LogP contribution in [0.1, 0.15) is 39.6 Å². The van der Waals surface area contributed by atoms with Crippen LogP contribution < -0.4 is 0 Å². The van der Waals surface area contributed by atoms with Crippen molar-refractivity contribution in [3.05, 3.63) is 34.9 Å². The van der Waals surface area contributed by atoms with Crippen LogP contribution in [0, 0.1) is 0 Å². The van der Waals surface area contributed by atoms with E-state index in [0.29, 0.717) is 23.0 Å². The molecule has 5 nitrogen and oxygen atoms in total. The highest BCUT2D eigenvalue weighted by atomic mass is 16.5. The van der Waals surface area contributed by atoms with Gasteiger partial charge in [-0.25, -0.2) is 4.79 Å². The third-order valence-electron chi connectivity index (χ3n) is 2.64. The van der Waals surface area contributed by atoms with Gasteiger partial charge in [0.25, 0.3) is 0 Å². The van der Waals surface area contributed by atoms with E-state index in [4.69, 9.17) is 4.74 Å². The molecular weight excluding hydrogens is 248 g/mol. The molecule has 19 heavy (non-hydrogen) atoms. The molecule has 0 aliphatic carbocycles. The van der Waals surface area contributed by atoms with Crippen LogP contribution in [0.25, 0.3) is 0 Å². The summed E-state index contributed by atoms with van der Waals surface area (Å²) < 4.78 is 9.48. The molecule has 0 aliphatic heterocycles. The summed E-state index contributed by atoms with van der Waals surface area (Å²) in [6, 6.07) is 4.79. The molecule has 5 heteroatoms. The fraction of sp³-hybridized carbons (Fsp3) is 0.357. The predicted octanol–water partition coefficient (Wildman–Crippen LogP) is 1.78. The molecule has 0 spiro atoms. The lowest BCUT2D eigenvalue weighted by Crippen LogP contribution is -2.12. The minimum Gasteiger partial charge on any atom is -0.469 e. The van der Waals surface area contributed by atoms with Crippen LogP contribution in [0.3, 0.4) is 0 Å². The fourth-order valence-corrected chi connectivity index (χ4v) is 1.72. The van der Waals surface area contributed by atoms with Gasteiger partial charge < -0.3 is 9.47 Å². The van der Waals surface area contributed by atoms with Gasteiger partial charge in [0.1, 0.15) is 6.29 Å². The van der Waals surface area contributed by atoms with Gasteiger partial charge in [-0.3, -0.25) is 9.59 Å². The van der Waals surface area contributed by atoms with Gasteiger partial charge in [0.05, 0.1) is 19.3 Å². The highest BCUT2D eigenvalue weighted by Gasteiger charge is 2.16. The van der Waals surface area contributed by atoms with Gasteiger partial charge in [0.2, 0.25) is 0 Å². The Balaban J connectivity index is 3.05. The Kier molecular flexibility index (Phi) is 5.73. The Morgan fingerprint density at radius 1 is 1.32 bits per heavy atom. The van der Waals surface area contributed by atoms with E-state index in [-0.39, 0.29) is 19.4 Å². The maximum Gasteiger partial charge on any atom is 0.338 e. The average molecular weight is 264 g/mol. The SMILES string of the molecule is CCOC(=O)c1cccc(C=O)c1CCC(=O)OC. The number of hydrogen-bond donors (Lipinski definition) is 0. The highest BCUT2D eigenvalue weighted by molar-refractivity contribution is 5.94. The summed E-state index contributed by atoms with van der Waals surface area (Å²) in [5.41, 5.74) is 1.21. The summed E-state index contributed by atoms with van der Waals surface area (Å²) in [5, 5.41) is 0. The first-order valence-corrected chi connectivity index (χ1v) is 5.95. The van der Waals surface area contributed by atoms with E-state index in [2.05, 4.69) is 4.74 Å². The second-order valence-corrected chi connectivity index (χ2v) is 3.79. The molecule has 0 radical (unpaired) electrons. The van der Waals surface area contributed by atoms with Crippen molar-refractivity contribution in [1.82, 2.24) is 0 Å². The Morgan fingerprint density at radius 3 is 2.63 bits per heavy atom. The molecule has 1 aromatic rings. The number of methoxy groups -OCH3 is 1. The lowest BCUT2D eigenvalue weighted by Gasteiger charge is -2.10. The summed E-state index contributed by atoms with van der Waals surface area (Å²) in [7, 11) is 1.29. The zero-order chi connectivity index (χ0) is 14.3. The smallest absolute Gasteiger partial charge is 0.338 e. The van der Waals surface area contributed by atoms with E-state index in [1.165, 1.54) is 7.11 Å². The lowest BCUT2D eigenvalue weighted by atomic mass is 9.97. The van der Waals surface area contributed by atoms with Gasteiger partial charge in [-0.05, 0) is 25.0 Å². The van der Waals surface area contributed by atoms with Gasteiger partial charge in [0, 0.05) is 12.0 Å². The summed E-state index contributed by atoms with van der Waals surface area (Å²) in [6.45, 7) is 1.95. The third-order valence-corrected chi connectivity index (χ3v) is 2.64. The van der Waals surface area contributed by atoms with Crippen molar-refractivity contribution >= 4 is 18.2 Å². The van der Waals surface area contributed by atoms with Gasteiger partial charge >= 0.3 is 11.9 Å². The van der Waals surface area contributed by atoms with Crippen LogP contribution >= 0.6 is 0 Å². The van der Waals surface area contributed by atoms with Gasteiger partial charge in [-0.15, -0.1) is 0 Å². The molecule has 0 bridgehead atoms. The van der Waals surface area contributed by atoms with Crippen molar-refractivity contribution in [2.24, 2.45) is 0 Å². The van der Waals surface area contributed by atoms with Crippen molar-refractivity contribution < 1.29 is 23.9 Å². The number of ether oxygens (including phenoxy) is 2. The third kappa shape index (κ3) is 3.91. The number of hydrogen-bond acceptors (Lipinski definition) is 5. The number of benzene rings is 1. The quantitative estimate of drug-likeness (QED) is 0.578. The van der Waals surface area contributed by atoms with E-state index >= 15 is 0 Å². The molecule has 1 rings (SSSR count). The maximum absolute atomic E-state index is 11.8. The van der Waals surface area contributed by atoms with Crippen LogP contribution in [-0.4, -0.2) is 31.9 Å². The number of carbonyl (C=O) groups is 3.